The molecule has 90 valence electrons. The van der Waals surface area contributed by atoms with E-state index in [4.69, 9.17) is 0 Å². The van der Waals surface area contributed by atoms with Gasteiger partial charge in [-0.3, -0.25) is 4.90 Å². The number of likely N-dealkylation sites (tertiary alicyclic amines) is 1. The van der Waals surface area contributed by atoms with Crippen LogP contribution in [0.1, 0.15) is 35.6 Å². The van der Waals surface area contributed by atoms with E-state index in [9.17, 15) is 0 Å². The van der Waals surface area contributed by atoms with Crippen LogP contribution in [0.3, 0.4) is 0 Å². The van der Waals surface area contributed by atoms with E-state index in [2.05, 4.69) is 15.2 Å². The van der Waals surface area contributed by atoms with E-state index in [0.717, 1.165) is 13.1 Å². The summed E-state index contributed by atoms with van der Waals surface area (Å²) in [6.07, 6.45) is 7.52. The SMILES string of the molecule is CNCc1cnc(CN2CCCCCC2)s1. The first-order chi connectivity index (χ1) is 7.88. The molecule has 1 fully saturated rings. The topological polar surface area (TPSA) is 28.2 Å². The molecule has 2 heterocycles. The number of nitrogens with one attached hydrogen (secondary N) is 1. The Balaban J connectivity index is 1.86. The minimum absolute atomic E-state index is 0.942. The third-order valence-corrected chi connectivity index (χ3v) is 3.99. The zero-order chi connectivity index (χ0) is 11.2. The predicted molar refractivity (Wildman–Crippen MR) is 68.6 cm³/mol. The molecule has 1 aliphatic heterocycles. The highest BCUT2D eigenvalue weighted by Gasteiger charge is 2.11. The third-order valence-electron chi connectivity index (χ3n) is 3.01. The monoisotopic (exact) mass is 239 g/mol. The molecule has 1 aromatic heterocycles. The number of aromatic nitrogens is 1. The van der Waals surface area contributed by atoms with E-state index < -0.39 is 0 Å². The van der Waals surface area contributed by atoms with Gasteiger partial charge >= 0.3 is 0 Å². The highest BCUT2D eigenvalue weighted by molar-refractivity contribution is 7.11. The Bertz CT molecular complexity index is 303. The molecule has 4 heteroatoms. The van der Waals surface area contributed by atoms with Crippen LogP contribution in [0.15, 0.2) is 6.20 Å². The average Bonchev–Trinajstić information content (AvgIpc) is 2.56. The van der Waals surface area contributed by atoms with E-state index in [1.54, 1.807) is 0 Å². The number of thiazole rings is 1. The molecule has 1 saturated heterocycles. The second-order valence-electron chi connectivity index (χ2n) is 4.44. The summed E-state index contributed by atoms with van der Waals surface area (Å²) in [5, 5.41) is 4.44. The van der Waals surface area contributed by atoms with Crippen molar-refractivity contribution in [1.29, 1.82) is 0 Å². The third kappa shape index (κ3) is 3.54. The lowest BCUT2D eigenvalue weighted by Gasteiger charge is -2.17. The van der Waals surface area contributed by atoms with E-state index in [1.807, 2.05) is 24.6 Å². The van der Waals surface area contributed by atoms with Crippen LogP contribution >= 0.6 is 11.3 Å². The average molecular weight is 239 g/mol. The summed E-state index contributed by atoms with van der Waals surface area (Å²) in [4.78, 5) is 8.39. The van der Waals surface area contributed by atoms with Crippen LogP contribution in [0.2, 0.25) is 0 Å². The molecule has 0 amide bonds. The molecule has 0 atom stereocenters. The fourth-order valence-electron chi connectivity index (χ4n) is 2.16. The summed E-state index contributed by atoms with van der Waals surface area (Å²) in [6.45, 7) is 4.49. The molecule has 1 N–H and O–H groups in total. The number of hydrogen-bond acceptors (Lipinski definition) is 4. The van der Waals surface area contributed by atoms with Crippen molar-refractivity contribution in [2.24, 2.45) is 0 Å². The lowest BCUT2D eigenvalue weighted by molar-refractivity contribution is 0.276. The van der Waals surface area contributed by atoms with Gasteiger partial charge in [0.1, 0.15) is 5.01 Å². The molecule has 0 unspecified atom stereocenters. The molecule has 0 radical (unpaired) electrons. The van der Waals surface area contributed by atoms with Crippen LogP contribution in [0.4, 0.5) is 0 Å². The maximum absolute atomic E-state index is 4.50. The fraction of sp³-hybridized carbons (Fsp3) is 0.750. The minimum atomic E-state index is 0.942. The van der Waals surface area contributed by atoms with Crippen LogP contribution in [0.5, 0.6) is 0 Å². The summed E-state index contributed by atoms with van der Waals surface area (Å²) in [5.41, 5.74) is 0. The van der Waals surface area contributed by atoms with Crippen molar-refractivity contribution in [3.63, 3.8) is 0 Å². The molecule has 0 aromatic carbocycles. The summed E-state index contributed by atoms with van der Waals surface area (Å²) >= 11 is 1.84. The van der Waals surface area contributed by atoms with Gasteiger partial charge in [-0.25, -0.2) is 4.98 Å². The van der Waals surface area contributed by atoms with E-state index >= 15 is 0 Å². The molecule has 3 nitrogen and oxygen atoms in total. The Morgan fingerprint density at radius 3 is 2.75 bits per heavy atom. The molecule has 0 bridgehead atoms. The predicted octanol–water partition coefficient (Wildman–Crippen LogP) is 2.24. The second-order valence-corrected chi connectivity index (χ2v) is 5.64. The van der Waals surface area contributed by atoms with Crippen molar-refractivity contribution >= 4 is 11.3 Å². The zero-order valence-electron chi connectivity index (χ0n) is 10.0. The van der Waals surface area contributed by atoms with Crippen molar-refractivity contribution in [3.8, 4) is 0 Å². The Labute approximate surface area is 102 Å². The van der Waals surface area contributed by atoms with Gasteiger partial charge in [0, 0.05) is 17.6 Å². The van der Waals surface area contributed by atoms with Gasteiger partial charge in [-0.05, 0) is 33.0 Å². The van der Waals surface area contributed by atoms with E-state index in [-0.39, 0.29) is 0 Å². The fourth-order valence-corrected chi connectivity index (χ4v) is 3.14. The summed E-state index contributed by atoms with van der Waals surface area (Å²) in [5.74, 6) is 0. The van der Waals surface area contributed by atoms with Crippen LogP contribution in [-0.4, -0.2) is 30.0 Å². The number of hydrogen-bond donors (Lipinski definition) is 1. The van der Waals surface area contributed by atoms with Gasteiger partial charge in [0.05, 0.1) is 6.54 Å². The number of nitrogens with zero attached hydrogens (tertiary/aromatic N) is 2. The largest absolute Gasteiger partial charge is 0.315 e. The zero-order valence-corrected chi connectivity index (χ0v) is 10.9. The highest BCUT2D eigenvalue weighted by Crippen LogP contribution is 2.17. The summed E-state index contributed by atoms with van der Waals surface area (Å²) in [7, 11) is 1.98. The van der Waals surface area contributed by atoms with Gasteiger partial charge in [-0.1, -0.05) is 12.8 Å². The van der Waals surface area contributed by atoms with E-state index in [0.29, 0.717) is 0 Å². The molecular formula is C12H21N3S. The lowest BCUT2D eigenvalue weighted by atomic mass is 10.2. The van der Waals surface area contributed by atoms with E-state index in [1.165, 1.54) is 48.7 Å². The molecule has 2 rings (SSSR count). The Kier molecular flexibility index (Phi) is 4.75. The Morgan fingerprint density at radius 2 is 2.06 bits per heavy atom. The molecule has 1 aromatic rings. The Morgan fingerprint density at radius 1 is 1.31 bits per heavy atom. The van der Waals surface area contributed by atoms with Crippen LogP contribution in [0, 0.1) is 0 Å². The molecule has 0 aliphatic carbocycles. The quantitative estimate of drug-likeness (QED) is 0.873. The van der Waals surface area contributed by atoms with Gasteiger partial charge in [-0.15, -0.1) is 11.3 Å². The standard InChI is InChI=1S/C12H21N3S/c1-13-8-11-9-14-12(16-11)10-15-6-4-2-3-5-7-15/h9,13H,2-8,10H2,1H3. The maximum atomic E-state index is 4.50. The minimum Gasteiger partial charge on any atom is -0.315 e. The first-order valence-corrected chi connectivity index (χ1v) is 7.00. The molecule has 16 heavy (non-hydrogen) atoms. The highest BCUT2D eigenvalue weighted by atomic mass is 32.1. The van der Waals surface area contributed by atoms with Crippen molar-refractivity contribution in [1.82, 2.24) is 15.2 Å². The van der Waals surface area contributed by atoms with Crippen LogP contribution < -0.4 is 5.32 Å². The maximum Gasteiger partial charge on any atom is 0.107 e. The smallest absolute Gasteiger partial charge is 0.107 e. The molecule has 0 spiro atoms. The van der Waals surface area contributed by atoms with Gasteiger partial charge in [0.15, 0.2) is 0 Å². The van der Waals surface area contributed by atoms with Crippen molar-refractivity contribution in [3.05, 3.63) is 16.1 Å². The Hall–Kier alpha value is -0.450. The van der Waals surface area contributed by atoms with Gasteiger partial charge in [0.25, 0.3) is 0 Å². The van der Waals surface area contributed by atoms with Crippen LogP contribution in [0.25, 0.3) is 0 Å². The van der Waals surface area contributed by atoms with Crippen molar-refractivity contribution < 1.29 is 0 Å². The molecular weight excluding hydrogens is 218 g/mol. The molecule has 1 aliphatic rings. The lowest BCUT2D eigenvalue weighted by Crippen LogP contribution is -2.23. The first kappa shape index (κ1) is 12.0. The number of rotatable bonds is 4. The van der Waals surface area contributed by atoms with Gasteiger partial charge in [-0.2, -0.15) is 0 Å². The normalized spacial score (nSPS) is 18.6. The summed E-state index contributed by atoms with van der Waals surface area (Å²) in [6, 6.07) is 0. The second kappa shape index (κ2) is 6.33. The van der Waals surface area contributed by atoms with Crippen molar-refractivity contribution in [2.45, 2.75) is 38.8 Å². The molecule has 0 saturated carbocycles. The first-order valence-electron chi connectivity index (χ1n) is 6.19. The van der Waals surface area contributed by atoms with Gasteiger partial charge < -0.3 is 5.32 Å². The van der Waals surface area contributed by atoms with Gasteiger partial charge in [0.2, 0.25) is 0 Å². The van der Waals surface area contributed by atoms with Crippen LogP contribution in [-0.2, 0) is 13.1 Å². The van der Waals surface area contributed by atoms with Crippen molar-refractivity contribution in [2.75, 3.05) is 20.1 Å². The summed E-state index contributed by atoms with van der Waals surface area (Å²) < 4.78 is 0.